The van der Waals surface area contributed by atoms with E-state index in [1.54, 1.807) is 0 Å². The first-order valence-corrected chi connectivity index (χ1v) is 8.15. The van der Waals surface area contributed by atoms with Crippen molar-refractivity contribution in [2.24, 2.45) is 0 Å². The van der Waals surface area contributed by atoms with Gasteiger partial charge in [0.05, 0.1) is 12.7 Å². The predicted molar refractivity (Wildman–Crippen MR) is 86.5 cm³/mol. The molecule has 0 radical (unpaired) electrons. The van der Waals surface area contributed by atoms with E-state index < -0.39 is 0 Å². The van der Waals surface area contributed by atoms with Crippen molar-refractivity contribution in [3.8, 4) is 5.75 Å². The monoisotopic (exact) mass is 349 g/mol. The lowest BCUT2D eigenvalue weighted by Gasteiger charge is -2.09. The van der Waals surface area contributed by atoms with E-state index in [1.165, 1.54) is 24.1 Å². The Balaban J connectivity index is 1.50. The van der Waals surface area contributed by atoms with Crippen molar-refractivity contribution in [2.45, 2.75) is 38.9 Å². The minimum atomic E-state index is 0.620. The lowest BCUT2D eigenvalue weighted by atomic mass is 10.2. The van der Waals surface area contributed by atoms with Crippen LogP contribution in [0.4, 0.5) is 0 Å². The smallest absolute Gasteiger partial charge is 0.120 e. The van der Waals surface area contributed by atoms with E-state index in [0.717, 1.165) is 29.4 Å². The normalized spacial score (nSPS) is 14.4. The zero-order valence-corrected chi connectivity index (χ0v) is 13.8. The molecule has 0 bridgehead atoms. The summed E-state index contributed by atoms with van der Waals surface area (Å²) in [7, 11) is 0. The van der Waals surface area contributed by atoms with Gasteiger partial charge in [-0.2, -0.15) is 5.10 Å². The SMILES string of the molecule is Cc1c(CNC2CC2)cnn1CCOc1cccc(Br)c1. The molecular formula is C16H20BrN3O. The van der Waals surface area contributed by atoms with Gasteiger partial charge in [-0.1, -0.05) is 22.0 Å². The van der Waals surface area contributed by atoms with E-state index in [4.69, 9.17) is 4.74 Å². The van der Waals surface area contributed by atoms with Gasteiger partial charge in [-0.05, 0) is 38.0 Å². The fourth-order valence-corrected chi connectivity index (χ4v) is 2.61. The van der Waals surface area contributed by atoms with Gasteiger partial charge in [-0.15, -0.1) is 0 Å². The lowest BCUT2D eigenvalue weighted by molar-refractivity contribution is 0.289. The molecule has 4 nitrogen and oxygen atoms in total. The predicted octanol–water partition coefficient (Wildman–Crippen LogP) is 3.29. The van der Waals surface area contributed by atoms with E-state index in [2.05, 4.69) is 33.3 Å². The van der Waals surface area contributed by atoms with E-state index in [9.17, 15) is 0 Å². The quantitative estimate of drug-likeness (QED) is 0.833. The van der Waals surface area contributed by atoms with E-state index in [1.807, 2.05) is 35.1 Å². The molecule has 1 N–H and O–H groups in total. The van der Waals surface area contributed by atoms with Crippen LogP contribution in [-0.4, -0.2) is 22.4 Å². The third-order valence-corrected chi connectivity index (χ3v) is 4.22. The number of hydrogen-bond acceptors (Lipinski definition) is 3. The van der Waals surface area contributed by atoms with Crippen LogP contribution in [0.1, 0.15) is 24.1 Å². The van der Waals surface area contributed by atoms with E-state index in [-0.39, 0.29) is 0 Å². The minimum Gasteiger partial charge on any atom is -0.492 e. The molecule has 0 amide bonds. The minimum absolute atomic E-state index is 0.620. The fourth-order valence-electron chi connectivity index (χ4n) is 2.23. The molecule has 1 aromatic heterocycles. The summed E-state index contributed by atoms with van der Waals surface area (Å²) in [6, 6.07) is 8.63. The average Bonchev–Trinajstić information content (AvgIpc) is 3.23. The molecular weight excluding hydrogens is 330 g/mol. The Labute approximate surface area is 133 Å². The van der Waals surface area contributed by atoms with Crippen LogP contribution in [-0.2, 0) is 13.1 Å². The summed E-state index contributed by atoms with van der Waals surface area (Å²) in [6.07, 6.45) is 4.59. The van der Waals surface area contributed by atoms with Crippen LogP contribution in [0.3, 0.4) is 0 Å². The van der Waals surface area contributed by atoms with Gasteiger partial charge in [-0.3, -0.25) is 4.68 Å². The van der Waals surface area contributed by atoms with Crippen molar-refractivity contribution >= 4 is 15.9 Å². The first-order valence-electron chi connectivity index (χ1n) is 7.35. The Bertz CT molecular complexity index is 607. The maximum atomic E-state index is 5.76. The molecule has 0 aliphatic heterocycles. The summed E-state index contributed by atoms with van der Waals surface area (Å²) in [6.45, 7) is 4.43. The van der Waals surface area contributed by atoms with Crippen molar-refractivity contribution in [1.82, 2.24) is 15.1 Å². The largest absolute Gasteiger partial charge is 0.492 e. The van der Waals surface area contributed by atoms with E-state index in [0.29, 0.717) is 6.61 Å². The number of hydrogen-bond donors (Lipinski definition) is 1. The molecule has 2 aromatic rings. The number of aromatic nitrogens is 2. The van der Waals surface area contributed by atoms with Crippen LogP contribution in [0, 0.1) is 6.92 Å². The zero-order valence-electron chi connectivity index (χ0n) is 12.2. The number of halogens is 1. The molecule has 0 spiro atoms. The summed E-state index contributed by atoms with van der Waals surface area (Å²) in [4.78, 5) is 0. The molecule has 1 fully saturated rings. The number of nitrogens with one attached hydrogen (secondary N) is 1. The molecule has 1 aromatic carbocycles. The van der Waals surface area contributed by atoms with Gasteiger partial charge >= 0.3 is 0 Å². The zero-order chi connectivity index (χ0) is 14.7. The number of ether oxygens (including phenoxy) is 1. The van der Waals surface area contributed by atoms with Gasteiger partial charge in [0.15, 0.2) is 0 Å². The van der Waals surface area contributed by atoms with Crippen LogP contribution in [0.15, 0.2) is 34.9 Å². The summed E-state index contributed by atoms with van der Waals surface area (Å²) in [5, 5.41) is 7.98. The van der Waals surface area contributed by atoms with Crippen molar-refractivity contribution in [3.05, 3.63) is 46.2 Å². The maximum Gasteiger partial charge on any atom is 0.120 e. The summed E-state index contributed by atoms with van der Waals surface area (Å²) in [5.74, 6) is 0.879. The molecule has 0 saturated heterocycles. The summed E-state index contributed by atoms with van der Waals surface area (Å²) >= 11 is 3.44. The first kappa shape index (κ1) is 14.6. The molecule has 1 aliphatic carbocycles. The molecule has 21 heavy (non-hydrogen) atoms. The van der Waals surface area contributed by atoms with Crippen molar-refractivity contribution in [3.63, 3.8) is 0 Å². The Kier molecular flexibility index (Phi) is 4.60. The van der Waals surface area contributed by atoms with Gasteiger partial charge in [0.1, 0.15) is 12.4 Å². The van der Waals surface area contributed by atoms with Crippen LogP contribution in [0.25, 0.3) is 0 Å². The first-order chi connectivity index (χ1) is 10.2. The molecule has 5 heteroatoms. The third kappa shape index (κ3) is 4.08. The Morgan fingerprint density at radius 3 is 3.05 bits per heavy atom. The fraction of sp³-hybridized carbons (Fsp3) is 0.438. The second-order valence-electron chi connectivity index (χ2n) is 5.44. The average molecular weight is 350 g/mol. The Morgan fingerprint density at radius 1 is 1.43 bits per heavy atom. The van der Waals surface area contributed by atoms with Gasteiger partial charge in [-0.25, -0.2) is 0 Å². The second kappa shape index (κ2) is 6.62. The topological polar surface area (TPSA) is 39.1 Å². The van der Waals surface area contributed by atoms with Crippen LogP contribution >= 0.6 is 15.9 Å². The summed E-state index contributed by atoms with van der Waals surface area (Å²) in [5.41, 5.74) is 2.50. The highest BCUT2D eigenvalue weighted by Crippen LogP contribution is 2.20. The van der Waals surface area contributed by atoms with Crippen molar-refractivity contribution in [1.29, 1.82) is 0 Å². The molecule has 112 valence electrons. The third-order valence-electron chi connectivity index (χ3n) is 3.73. The standard InChI is InChI=1S/C16H20BrN3O/c1-12-13(10-18-15-5-6-15)11-19-20(12)7-8-21-16-4-2-3-14(17)9-16/h2-4,9,11,15,18H,5-8,10H2,1H3. The van der Waals surface area contributed by atoms with Gasteiger partial charge in [0.25, 0.3) is 0 Å². The molecule has 3 rings (SSSR count). The van der Waals surface area contributed by atoms with Gasteiger partial charge < -0.3 is 10.1 Å². The molecule has 1 heterocycles. The highest BCUT2D eigenvalue weighted by atomic mass is 79.9. The number of benzene rings is 1. The molecule has 1 aliphatic rings. The van der Waals surface area contributed by atoms with Crippen molar-refractivity contribution in [2.75, 3.05) is 6.61 Å². The van der Waals surface area contributed by atoms with Gasteiger partial charge in [0.2, 0.25) is 0 Å². The Hall–Kier alpha value is -1.33. The molecule has 1 saturated carbocycles. The summed E-state index contributed by atoms with van der Waals surface area (Å²) < 4.78 is 8.80. The lowest BCUT2D eigenvalue weighted by Crippen LogP contribution is -2.16. The highest BCUT2D eigenvalue weighted by molar-refractivity contribution is 9.10. The molecule has 0 atom stereocenters. The van der Waals surface area contributed by atoms with Crippen molar-refractivity contribution < 1.29 is 4.74 Å². The molecule has 0 unspecified atom stereocenters. The van der Waals surface area contributed by atoms with Crippen LogP contribution < -0.4 is 10.1 Å². The van der Waals surface area contributed by atoms with Crippen LogP contribution in [0.2, 0.25) is 0 Å². The second-order valence-corrected chi connectivity index (χ2v) is 6.36. The number of rotatable bonds is 7. The maximum absolute atomic E-state index is 5.76. The van der Waals surface area contributed by atoms with Gasteiger partial charge in [0, 0.05) is 28.3 Å². The number of nitrogens with zero attached hydrogens (tertiary/aromatic N) is 2. The van der Waals surface area contributed by atoms with Crippen LogP contribution in [0.5, 0.6) is 5.75 Å². The highest BCUT2D eigenvalue weighted by Gasteiger charge is 2.20. The Morgan fingerprint density at radius 2 is 2.29 bits per heavy atom. The van der Waals surface area contributed by atoms with E-state index >= 15 is 0 Å².